The maximum absolute atomic E-state index is 4.02. The van der Waals surface area contributed by atoms with E-state index in [1.165, 1.54) is 44.9 Å². The predicted molar refractivity (Wildman–Crippen MR) is 75.5 cm³/mol. The second-order valence-corrected chi connectivity index (χ2v) is 5.92. The first-order valence-electron chi connectivity index (χ1n) is 7.39. The molecule has 0 fully saturated rings. The molecule has 0 heterocycles. The van der Waals surface area contributed by atoms with Crippen molar-refractivity contribution < 1.29 is 0 Å². The lowest BCUT2D eigenvalue weighted by atomic mass is 9.91. The Kier molecular flexibility index (Phi) is 10.2. The third kappa shape index (κ3) is 9.24. The molecular formula is C16H33. The van der Waals surface area contributed by atoms with Crippen LogP contribution in [0.3, 0.4) is 0 Å². The van der Waals surface area contributed by atoms with Crippen LogP contribution in [0, 0.1) is 24.7 Å². The van der Waals surface area contributed by atoms with E-state index in [-0.39, 0.29) is 0 Å². The molecule has 0 heteroatoms. The van der Waals surface area contributed by atoms with Gasteiger partial charge >= 0.3 is 0 Å². The van der Waals surface area contributed by atoms with Crippen molar-refractivity contribution in [1.82, 2.24) is 0 Å². The van der Waals surface area contributed by atoms with E-state index >= 15 is 0 Å². The quantitative estimate of drug-likeness (QED) is 0.436. The van der Waals surface area contributed by atoms with E-state index < -0.39 is 0 Å². The zero-order valence-electron chi connectivity index (χ0n) is 12.1. The van der Waals surface area contributed by atoms with Crippen LogP contribution < -0.4 is 0 Å². The molecule has 0 saturated carbocycles. The first-order valence-corrected chi connectivity index (χ1v) is 7.39. The zero-order valence-corrected chi connectivity index (χ0v) is 12.1. The van der Waals surface area contributed by atoms with Crippen molar-refractivity contribution in [1.29, 1.82) is 0 Å². The molecule has 2 unspecified atom stereocenters. The summed E-state index contributed by atoms with van der Waals surface area (Å²) >= 11 is 0. The van der Waals surface area contributed by atoms with E-state index in [2.05, 4.69) is 34.6 Å². The number of rotatable bonds is 10. The Labute approximate surface area is 104 Å². The van der Waals surface area contributed by atoms with Crippen LogP contribution in [0.4, 0.5) is 0 Å². The third-order valence-electron chi connectivity index (χ3n) is 3.77. The second kappa shape index (κ2) is 10.2. The largest absolute Gasteiger partial charge is 0.0651 e. The molecule has 97 valence electrons. The average molecular weight is 225 g/mol. The van der Waals surface area contributed by atoms with Crippen LogP contribution in [-0.4, -0.2) is 0 Å². The smallest absolute Gasteiger partial charge is 0.0417 e. The average Bonchev–Trinajstić information content (AvgIpc) is 2.24. The van der Waals surface area contributed by atoms with Gasteiger partial charge in [0.2, 0.25) is 0 Å². The monoisotopic (exact) mass is 225 g/mol. The Morgan fingerprint density at radius 1 is 0.875 bits per heavy atom. The summed E-state index contributed by atoms with van der Waals surface area (Å²) in [4.78, 5) is 0. The van der Waals surface area contributed by atoms with E-state index in [1.54, 1.807) is 0 Å². The molecule has 0 aliphatic rings. The highest BCUT2D eigenvalue weighted by Crippen LogP contribution is 2.21. The van der Waals surface area contributed by atoms with Gasteiger partial charge in [-0.1, -0.05) is 86.0 Å². The highest BCUT2D eigenvalue weighted by molar-refractivity contribution is 4.61. The molecule has 0 saturated heterocycles. The maximum atomic E-state index is 4.02. The molecule has 0 aromatic heterocycles. The van der Waals surface area contributed by atoms with Gasteiger partial charge in [0.25, 0.3) is 0 Å². The van der Waals surface area contributed by atoms with Crippen molar-refractivity contribution >= 4 is 0 Å². The lowest BCUT2D eigenvalue weighted by molar-refractivity contribution is 0.386. The minimum atomic E-state index is 0.878. The summed E-state index contributed by atoms with van der Waals surface area (Å²) in [6, 6.07) is 0. The van der Waals surface area contributed by atoms with Gasteiger partial charge in [-0.05, 0) is 17.8 Å². The minimum absolute atomic E-state index is 0.878. The Balaban J connectivity index is 3.39. The van der Waals surface area contributed by atoms with Crippen molar-refractivity contribution in [2.45, 2.75) is 79.1 Å². The zero-order chi connectivity index (χ0) is 12.4. The fourth-order valence-corrected chi connectivity index (χ4v) is 2.33. The van der Waals surface area contributed by atoms with Crippen molar-refractivity contribution in [2.24, 2.45) is 17.8 Å². The summed E-state index contributed by atoms with van der Waals surface area (Å²) in [6.07, 6.45) is 10.9. The molecule has 0 aliphatic heterocycles. The molecule has 2 atom stereocenters. The van der Waals surface area contributed by atoms with E-state index in [0.29, 0.717) is 0 Å². The predicted octanol–water partition coefficient (Wildman–Crippen LogP) is 5.87. The van der Waals surface area contributed by atoms with Gasteiger partial charge in [-0.15, -0.1) is 0 Å². The van der Waals surface area contributed by atoms with Crippen LogP contribution in [0.25, 0.3) is 0 Å². The van der Waals surface area contributed by atoms with Crippen molar-refractivity contribution in [2.75, 3.05) is 0 Å². The molecule has 0 rings (SSSR count). The first kappa shape index (κ1) is 16.0. The summed E-state index contributed by atoms with van der Waals surface area (Å²) in [6.45, 7) is 13.4. The number of hydrogen-bond acceptors (Lipinski definition) is 0. The van der Waals surface area contributed by atoms with Gasteiger partial charge in [-0.25, -0.2) is 0 Å². The molecule has 0 bridgehead atoms. The first-order chi connectivity index (χ1) is 7.60. The van der Waals surface area contributed by atoms with Crippen LogP contribution in [0.1, 0.15) is 79.1 Å². The van der Waals surface area contributed by atoms with Crippen molar-refractivity contribution in [3.05, 3.63) is 6.92 Å². The van der Waals surface area contributed by atoms with E-state index in [1.807, 2.05) is 0 Å². The summed E-state index contributed by atoms with van der Waals surface area (Å²) in [5.74, 6) is 2.69. The van der Waals surface area contributed by atoms with Crippen LogP contribution in [0.15, 0.2) is 0 Å². The Morgan fingerprint density at radius 2 is 1.44 bits per heavy atom. The van der Waals surface area contributed by atoms with Crippen LogP contribution in [0.2, 0.25) is 0 Å². The lowest BCUT2D eigenvalue weighted by Crippen LogP contribution is -2.00. The van der Waals surface area contributed by atoms with Gasteiger partial charge < -0.3 is 0 Å². The van der Waals surface area contributed by atoms with Crippen LogP contribution in [0.5, 0.6) is 0 Å². The number of hydrogen-bond donors (Lipinski definition) is 0. The molecule has 0 aromatic carbocycles. The molecular weight excluding hydrogens is 192 g/mol. The fourth-order valence-electron chi connectivity index (χ4n) is 2.33. The van der Waals surface area contributed by atoms with Crippen LogP contribution >= 0.6 is 0 Å². The second-order valence-electron chi connectivity index (χ2n) is 5.92. The Bertz CT molecular complexity index is 133. The van der Waals surface area contributed by atoms with Gasteiger partial charge in [0.15, 0.2) is 0 Å². The Morgan fingerprint density at radius 3 is 1.88 bits per heavy atom. The summed E-state index contributed by atoms with van der Waals surface area (Å²) < 4.78 is 0. The molecule has 0 amide bonds. The molecule has 16 heavy (non-hydrogen) atoms. The maximum Gasteiger partial charge on any atom is -0.0417 e. The molecule has 0 aliphatic carbocycles. The van der Waals surface area contributed by atoms with E-state index in [4.69, 9.17) is 0 Å². The topological polar surface area (TPSA) is 0 Å². The molecule has 0 nitrogen and oxygen atoms in total. The van der Waals surface area contributed by atoms with Crippen molar-refractivity contribution in [3.8, 4) is 0 Å². The third-order valence-corrected chi connectivity index (χ3v) is 3.77. The fraction of sp³-hybridized carbons (Fsp3) is 0.938. The lowest BCUT2D eigenvalue weighted by Gasteiger charge is -2.15. The minimum Gasteiger partial charge on any atom is -0.0651 e. The highest BCUT2D eigenvalue weighted by atomic mass is 14.1. The summed E-state index contributed by atoms with van der Waals surface area (Å²) in [5, 5.41) is 0. The molecule has 0 N–H and O–H groups in total. The van der Waals surface area contributed by atoms with Gasteiger partial charge in [0, 0.05) is 0 Å². The van der Waals surface area contributed by atoms with Crippen molar-refractivity contribution in [3.63, 3.8) is 0 Å². The highest BCUT2D eigenvalue weighted by Gasteiger charge is 2.06. The van der Waals surface area contributed by atoms with E-state index in [0.717, 1.165) is 24.2 Å². The van der Waals surface area contributed by atoms with Gasteiger partial charge in [0.05, 0.1) is 0 Å². The van der Waals surface area contributed by atoms with Gasteiger partial charge in [0.1, 0.15) is 0 Å². The van der Waals surface area contributed by atoms with Gasteiger partial charge in [-0.2, -0.15) is 0 Å². The standard InChI is InChI=1S/C16H33/c1-6-16(7-2)13-9-12-15(5)11-8-10-14(3)4/h14-16H,1,6-13H2,2-5H3. The SMILES string of the molecule is [CH2]CC(CC)CCCC(C)CCCC(C)C. The summed E-state index contributed by atoms with van der Waals surface area (Å²) in [5.41, 5.74) is 0. The van der Waals surface area contributed by atoms with Gasteiger partial charge in [-0.3, -0.25) is 0 Å². The van der Waals surface area contributed by atoms with Crippen LogP contribution in [-0.2, 0) is 0 Å². The molecule has 0 aromatic rings. The molecule has 1 radical (unpaired) electrons. The normalized spacial score (nSPS) is 13.7. The summed E-state index contributed by atoms with van der Waals surface area (Å²) in [7, 11) is 0. The Hall–Kier alpha value is 0. The molecule has 0 spiro atoms. The van der Waals surface area contributed by atoms with E-state index in [9.17, 15) is 0 Å².